The third-order valence-electron chi connectivity index (χ3n) is 4.67. The number of non-ortho nitro benzene ring substituents is 1. The summed E-state index contributed by atoms with van der Waals surface area (Å²) in [5.74, 6) is 0.394. The molecule has 4 rings (SSSR count). The summed E-state index contributed by atoms with van der Waals surface area (Å²) in [6.07, 6.45) is 0. The van der Waals surface area contributed by atoms with Gasteiger partial charge >= 0.3 is 0 Å². The first-order valence-electron chi connectivity index (χ1n) is 8.72. The third-order valence-corrected chi connectivity index (χ3v) is 4.67. The van der Waals surface area contributed by atoms with Crippen LogP contribution in [0.4, 0.5) is 5.69 Å². The van der Waals surface area contributed by atoms with Crippen molar-refractivity contribution in [2.75, 3.05) is 26.3 Å². The molecule has 0 amide bonds. The lowest BCUT2D eigenvalue weighted by atomic mass is 10.1. The molecule has 1 aliphatic rings. The quantitative estimate of drug-likeness (QED) is 0.521. The summed E-state index contributed by atoms with van der Waals surface area (Å²) in [6.45, 7) is 3.99. The SMILES string of the molecule is O=c1cc(-c2ccc([N+](=O)[O-])cc2)oc2cc(CN3CCOCC3)ccc12. The number of morpholine rings is 1. The molecule has 0 saturated carbocycles. The molecule has 27 heavy (non-hydrogen) atoms. The Kier molecular flexibility index (Phi) is 4.70. The lowest BCUT2D eigenvalue weighted by Crippen LogP contribution is -2.35. The Morgan fingerprint density at radius 3 is 2.48 bits per heavy atom. The Balaban J connectivity index is 1.68. The number of hydrogen-bond acceptors (Lipinski definition) is 6. The zero-order valence-electron chi connectivity index (χ0n) is 14.6. The molecule has 0 spiro atoms. The second kappa shape index (κ2) is 7.30. The van der Waals surface area contributed by atoms with E-state index in [9.17, 15) is 14.9 Å². The van der Waals surface area contributed by atoms with Crippen LogP contribution in [-0.2, 0) is 11.3 Å². The summed E-state index contributed by atoms with van der Waals surface area (Å²) in [5.41, 5.74) is 2.06. The van der Waals surface area contributed by atoms with Crippen molar-refractivity contribution in [1.29, 1.82) is 0 Å². The second-order valence-corrected chi connectivity index (χ2v) is 6.50. The number of rotatable bonds is 4. The molecule has 7 heteroatoms. The highest BCUT2D eigenvalue weighted by Crippen LogP contribution is 2.25. The fraction of sp³-hybridized carbons (Fsp3) is 0.250. The molecule has 0 unspecified atom stereocenters. The lowest BCUT2D eigenvalue weighted by molar-refractivity contribution is -0.384. The lowest BCUT2D eigenvalue weighted by Gasteiger charge is -2.26. The van der Waals surface area contributed by atoms with Gasteiger partial charge in [-0.05, 0) is 29.8 Å². The first-order valence-corrected chi connectivity index (χ1v) is 8.72. The van der Waals surface area contributed by atoms with Gasteiger partial charge in [0.15, 0.2) is 5.43 Å². The maximum absolute atomic E-state index is 12.5. The van der Waals surface area contributed by atoms with E-state index < -0.39 is 4.92 Å². The summed E-state index contributed by atoms with van der Waals surface area (Å²) in [7, 11) is 0. The molecule has 7 nitrogen and oxygen atoms in total. The summed E-state index contributed by atoms with van der Waals surface area (Å²) >= 11 is 0. The van der Waals surface area contributed by atoms with Gasteiger partial charge in [0.2, 0.25) is 0 Å². The first-order chi connectivity index (χ1) is 13.1. The Morgan fingerprint density at radius 2 is 1.78 bits per heavy atom. The predicted molar refractivity (Wildman–Crippen MR) is 101 cm³/mol. The van der Waals surface area contributed by atoms with Gasteiger partial charge in [-0.1, -0.05) is 6.07 Å². The van der Waals surface area contributed by atoms with Gasteiger partial charge in [0.05, 0.1) is 23.5 Å². The van der Waals surface area contributed by atoms with E-state index in [1.165, 1.54) is 18.2 Å². The normalized spacial score (nSPS) is 15.1. The summed E-state index contributed by atoms with van der Waals surface area (Å²) in [5, 5.41) is 11.3. The van der Waals surface area contributed by atoms with Gasteiger partial charge in [0.1, 0.15) is 11.3 Å². The number of benzene rings is 2. The van der Waals surface area contributed by atoms with Crippen molar-refractivity contribution in [3.63, 3.8) is 0 Å². The van der Waals surface area contributed by atoms with Crippen LogP contribution < -0.4 is 5.43 Å². The molecule has 2 aromatic carbocycles. The van der Waals surface area contributed by atoms with Crippen LogP contribution in [0, 0.1) is 10.1 Å². The van der Waals surface area contributed by atoms with Gasteiger partial charge in [-0.15, -0.1) is 0 Å². The van der Waals surface area contributed by atoms with Crippen LogP contribution in [0.25, 0.3) is 22.3 Å². The van der Waals surface area contributed by atoms with Crippen LogP contribution in [0.1, 0.15) is 5.56 Å². The van der Waals surface area contributed by atoms with E-state index in [0.29, 0.717) is 22.3 Å². The molecule has 1 fully saturated rings. The molecule has 0 radical (unpaired) electrons. The highest BCUT2D eigenvalue weighted by Gasteiger charge is 2.13. The van der Waals surface area contributed by atoms with Crippen LogP contribution in [0.15, 0.2) is 57.7 Å². The minimum absolute atomic E-state index is 0.00492. The van der Waals surface area contributed by atoms with Crippen molar-refractivity contribution in [1.82, 2.24) is 4.90 Å². The molecule has 0 N–H and O–H groups in total. The van der Waals surface area contributed by atoms with E-state index in [4.69, 9.17) is 9.15 Å². The molecule has 1 aliphatic heterocycles. The van der Waals surface area contributed by atoms with E-state index >= 15 is 0 Å². The average molecular weight is 366 g/mol. The largest absolute Gasteiger partial charge is 0.456 e. The zero-order chi connectivity index (χ0) is 18.8. The van der Waals surface area contributed by atoms with Crippen LogP contribution >= 0.6 is 0 Å². The fourth-order valence-electron chi connectivity index (χ4n) is 3.20. The smallest absolute Gasteiger partial charge is 0.269 e. The van der Waals surface area contributed by atoms with Gasteiger partial charge in [-0.25, -0.2) is 0 Å². The van der Waals surface area contributed by atoms with Crippen LogP contribution in [0.5, 0.6) is 0 Å². The van der Waals surface area contributed by atoms with Crippen molar-refractivity contribution in [2.24, 2.45) is 0 Å². The predicted octanol–water partition coefficient (Wildman–Crippen LogP) is 3.20. The molecule has 3 aromatic rings. The molecule has 0 aliphatic carbocycles. The van der Waals surface area contributed by atoms with Crippen molar-refractivity contribution in [3.8, 4) is 11.3 Å². The molecular weight excluding hydrogens is 348 g/mol. The van der Waals surface area contributed by atoms with E-state index in [0.717, 1.165) is 38.4 Å². The topological polar surface area (TPSA) is 85.8 Å². The minimum atomic E-state index is -0.460. The van der Waals surface area contributed by atoms with E-state index in [-0.39, 0.29) is 11.1 Å². The maximum Gasteiger partial charge on any atom is 0.269 e. The van der Waals surface area contributed by atoms with Crippen molar-refractivity contribution in [2.45, 2.75) is 6.54 Å². The number of nitrogens with zero attached hydrogens (tertiary/aromatic N) is 2. The highest BCUT2D eigenvalue weighted by molar-refractivity contribution is 5.79. The zero-order valence-corrected chi connectivity index (χ0v) is 14.6. The van der Waals surface area contributed by atoms with Gasteiger partial charge in [-0.2, -0.15) is 0 Å². The summed E-state index contributed by atoms with van der Waals surface area (Å²) in [6, 6.07) is 13.0. The third kappa shape index (κ3) is 3.74. The van der Waals surface area contributed by atoms with Crippen molar-refractivity contribution >= 4 is 16.7 Å². The van der Waals surface area contributed by atoms with Crippen LogP contribution in [-0.4, -0.2) is 36.1 Å². The maximum atomic E-state index is 12.5. The monoisotopic (exact) mass is 366 g/mol. The minimum Gasteiger partial charge on any atom is -0.456 e. The average Bonchev–Trinajstić information content (AvgIpc) is 2.68. The molecule has 2 heterocycles. The Morgan fingerprint density at radius 1 is 1.04 bits per heavy atom. The van der Waals surface area contributed by atoms with E-state index in [1.54, 1.807) is 18.2 Å². The molecule has 1 aromatic heterocycles. The number of nitro benzene ring substituents is 1. The molecule has 0 bridgehead atoms. The Hall–Kier alpha value is -3.03. The molecule has 1 saturated heterocycles. The van der Waals surface area contributed by atoms with Gasteiger partial charge in [0.25, 0.3) is 5.69 Å². The van der Waals surface area contributed by atoms with E-state index in [1.807, 2.05) is 12.1 Å². The number of fused-ring (bicyclic) bond motifs is 1. The van der Waals surface area contributed by atoms with Gasteiger partial charge in [-0.3, -0.25) is 19.8 Å². The molecule has 138 valence electrons. The van der Waals surface area contributed by atoms with Gasteiger partial charge < -0.3 is 9.15 Å². The van der Waals surface area contributed by atoms with Crippen LogP contribution in [0.3, 0.4) is 0 Å². The van der Waals surface area contributed by atoms with Crippen LogP contribution in [0.2, 0.25) is 0 Å². The summed E-state index contributed by atoms with van der Waals surface area (Å²) in [4.78, 5) is 25.1. The Bertz CT molecular complexity index is 1040. The van der Waals surface area contributed by atoms with Gasteiger partial charge in [0, 0.05) is 43.4 Å². The number of ether oxygens (including phenoxy) is 1. The molecular formula is C20H18N2O5. The van der Waals surface area contributed by atoms with Crippen molar-refractivity contribution in [3.05, 3.63) is 74.4 Å². The first kappa shape index (κ1) is 17.4. The second-order valence-electron chi connectivity index (χ2n) is 6.50. The molecule has 0 atom stereocenters. The number of nitro groups is 1. The van der Waals surface area contributed by atoms with E-state index in [2.05, 4.69) is 4.90 Å². The fourth-order valence-corrected chi connectivity index (χ4v) is 3.20. The highest BCUT2D eigenvalue weighted by atomic mass is 16.6. The summed E-state index contributed by atoms with van der Waals surface area (Å²) < 4.78 is 11.3. The number of hydrogen-bond donors (Lipinski definition) is 0. The Labute approximate surface area is 154 Å². The van der Waals surface area contributed by atoms with Crippen molar-refractivity contribution < 1.29 is 14.1 Å². The standard InChI is InChI=1S/C20H18N2O5/c23-18-12-19(15-2-4-16(5-3-15)22(24)25)27-20-11-14(1-6-17(18)20)13-21-7-9-26-10-8-21/h1-6,11-12H,7-10,13H2.